The molecular weight excluding hydrogens is 495 g/mol. The Kier molecular flexibility index (Phi) is 6.34. The lowest BCUT2D eigenvalue weighted by molar-refractivity contribution is -0.137. The fraction of sp³-hybridized carbons (Fsp3) is 0.125. The van der Waals surface area contributed by atoms with Gasteiger partial charge < -0.3 is 26.7 Å². The number of fused-ring (bicyclic) bond motifs is 1. The summed E-state index contributed by atoms with van der Waals surface area (Å²) >= 11 is 0.949. The number of hydrogen-bond donors (Lipinski definition) is 3. The van der Waals surface area contributed by atoms with Gasteiger partial charge in [0, 0.05) is 10.9 Å². The molecular formula is C24H18F3N5O3S. The molecule has 8 nitrogen and oxygen atoms in total. The number of thiophene rings is 1. The van der Waals surface area contributed by atoms with Crippen molar-refractivity contribution in [2.45, 2.75) is 12.8 Å². The highest BCUT2D eigenvalue weighted by molar-refractivity contribution is 7.21. The van der Waals surface area contributed by atoms with Crippen molar-refractivity contribution in [3.8, 4) is 28.7 Å². The van der Waals surface area contributed by atoms with E-state index >= 15 is 0 Å². The van der Waals surface area contributed by atoms with E-state index in [0.29, 0.717) is 32.7 Å². The summed E-state index contributed by atoms with van der Waals surface area (Å²) in [6.07, 6.45) is -4.49. The number of nitrogens with two attached hydrogens (primary N) is 3. The van der Waals surface area contributed by atoms with E-state index in [1.165, 1.54) is 19.2 Å². The number of hydrogen-bond acceptors (Lipinski definition) is 8. The maximum Gasteiger partial charge on any atom is 0.416 e. The van der Waals surface area contributed by atoms with Gasteiger partial charge in [-0.3, -0.25) is 4.79 Å². The summed E-state index contributed by atoms with van der Waals surface area (Å²) in [5, 5.41) is 10.1. The van der Waals surface area contributed by atoms with Crippen LogP contribution in [0.25, 0.3) is 21.3 Å². The number of amides is 1. The van der Waals surface area contributed by atoms with E-state index < -0.39 is 17.6 Å². The molecule has 1 amide bonds. The average Bonchev–Trinajstić information content (AvgIpc) is 3.17. The number of halogens is 3. The molecule has 0 aliphatic heterocycles. The number of anilines is 2. The van der Waals surface area contributed by atoms with Gasteiger partial charge in [0.1, 0.15) is 33.8 Å². The third-order valence-electron chi connectivity index (χ3n) is 5.34. The molecule has 4 rings (SSSR count). The number of primary amides is 1. The molecule has 0 aliphatic rings. The first-order valence-electron chi connectivity index (χ1n) is 10.2. The number of aromatic nitrogens is 1. The van der Waals surface area contributed by atoms with Crippen LogP contribution in [0.4, 0.5) is 24.7 Å². The lowest BCUT2D eigenvalue weighted by Gasteiger charge is -2.15. The Morgan fingerprint density at radius 3 is 2.56 bits per heavy atom. The lowest BCUT2D eigenvalue weighted by Crippen LogP contribution is -2.10. The van der Waals surface area contributed by atoms with E-state index in [4.69, 9.17) is 26.7 Å². The number of rotatable bonds is 6. The number of nitrogens with zero attached hydrogens (tertiary/aromatic N) is 2. The van der Waals surface area contributed by atoms with Crippen molar-refractivity contribution in [1.82, 2.24) is 4.98 Å². The van der Waals surface area contributed by atoms with Crippen LogP contribution >= 0.6 is 11.3 Å². The van der Waals surface area contributed by atoms with Crippen molar-refractivity contribution in [3.63, 3.8) is 0 Å². The Labute approximate surface area is 206 Å². The number of benzene rings is 2. The van der Waals surface area contributed by atoms with Crippen LogP contribution in [0.2, 0.25) is 0 Å². The van der Waals surface area contributed by atoms with E-state index in [0.717, 1.165) is 23.5 Å². The first-order chi connectivity index (χ1) is 17.0. The van der Waals surface area contributed by atoms with Crippen molar-refractivity contribution < 1.29 is 27.4 Å². The highest BCUT2D eigenvalue weighted by atomic mass is 32.1. The molecule has 0 unspecified atom stereocenters. The Balaban J connectivity index is 1.82. The predicted molar refractivity (Wildman–Crippen MR) is 129 cm³/mol. The Morgan fingerprint density at radius 1 is 1.17 bits per heavy atom. The second kappa shape index (κ2) is 9.27. The van der Waals surface area contributed by atoms with Gasteiger partial charge >= 0.3 is 6.18 Å². The minimum atomic E-state index is -4.49. The zero-order valence-electron chi connectivity index (χ0n) is 18.6. The topological polar surface area (TPSA) is 150 Å². The fourth-order valence-corrected chi connectivity index (χ4v) is 4.66. The number of nitriles is 1. The van der Waals surface area contributed by atoms with Gasteiger partial charge in [-0.2, -0.15) is 18.4 Å². The Bertz CT molecular complexity index is 1540. The monoisotopic (exact) mass is 513 g/mol. The van der Waals surface area contributed by atoms with Crippen LogP contribution in [0, 0.1) is 11.3 Å². The third kappa shape index (κ3) is 4.44. The second-order valence-corrected chi connectivity index (χ2v) is 8.60. The molecule has 0 radical (unpaired) electrons. The number of carbonyl (C=O) groups is 1. The maximum atomic E-state index is 13.1. The number of methoxy groups -OCH3 is 1. The van der Waals surface area contributed by atoms with Crippen LogP contribution in [-0.2, 0) is 12.8 Å². The van der Waals surface area contributed by atoms with Crippen LogP contribution in [0.1, 0.15) is 26.4 Å². The number of alkyl halides is 3. The summed E-state index contributed by atoms with van der Waals surface area (Å²) in [5.74, 6) is -0.319. The molecule has 0 atom stereocenters. The van der Waals surface area contributed by atoms with Gasteiger partial charge in [-0.15, -0.1) is 11.3 Å². The van der Waals surface area contributed by atoms with E-state index in [2.05, 4.69) is 4.98 Å². The Morgan fingerprint density at radius 2 is 1.92 bits per heavy atom. The molecule has 0 saturated carbocycles. The average molecular weight is 514 g/mol. The largest absolute Gasteiger partial charge is 0.493 e. The zero-order valence-corrected chi connectivity index (χ0v) is 19.5. The number of pyridine rings is 1. The molecule has 0 bridgehead atoms. The number of nitrogen functional groups attached to an aromatic ring is 2. The van der Waals surface area contributed by atoms with E-state index in [-0.39, 0.29) is 34.3 Å². The van der Waals surface area contributed by atoms with Crippen molar-refractivity contribution >= 4 is 39.0 Å². The summed E-state index contributed by atoms with van der Waals surface area (Å²) < 4.78 is 50.3. The van der Waals surface area contributed by atoms with E-state index in [1.807, 2.05) is 6.07 Å². The van der Waals surface area contributed by atoms with Gasteiger partial charge in [-0.25, -0.2) is 4.98 Å². The zero-order chi connectivity index (χ0) is 26.2. The molecule has 2 aromatic carbocycles. The standard InChI is InChI=1S/C24H18F3N5O3S/c1-34-15-6-5-12(8-16(15)35-10-11-3-2-4-13(7-11)24(25,26)27)17-14(9-28)21(30)32-23-18(17)19(29)20(36-23)22(31)33/h2-8H,10,29H2,1H3,(H2,30,32)(H2,31,33). The lowest BCUT2D eigenvalue weighted by atomic mass is 9.97. The minimum Gasteiger partial charge on any atom is -0.493 e. The molecule has 184 valence electrons. The first-order valence-corrected chi connectivity index (χ1v) is 11.1. The number of ether oxygens (including phenoxy) is 2. The van der Waals surface area contributed by atoms with Gasteiger partial charge in [0.05, 0.1) is 18.4 Å². The van der Waals surface area contributed by atoms with Gasteiger partial charge in [-0.1, -0.05) is 18.2 Å². The second-order valence-electron chi connectivity index (χ2n) is 7.60. The van der Waals surface area contributed by atoms with Crippen LogP contribution in [-0.4, -0.2) is 18.0 Å². The van der Waals surface area contributed by atoms with E-state index in [9.17, 15) is 23.2 Å². The normalized spacial score (nSPS) is 11.3. The summed E-state index contributed by atoms with van der Waals surface area (Å²) in [5.41, 5.74) is 18.0. The predicted octanol–water partition coefficient (Wildman–Crippen LogP) is 4.70. The molecule has 6 N–H and O–H groups in total. The number of carbonyl (C=O) groups excluding carboxylic acids is 1. The van der Waals surface area contributed by atoms with Crippen LogP contribution < -0.4 is 26.7 Å². The summed E-state index contributed by atoms with van der Waals surface area (Å²) in [6, 6.07) is 11.5. The highest BCUT2D eigenvalue weighted by Gasteiger charge is 2.30. The van der Waals surface area contributed by atoms with Gasteiger partial charge in [0.2, 0.25) is 0 Å². The Hall–Kier alpha value is -4.50. The minimum absolute atomic E-state index is 0.0250. The van der Waals surface area contributed by atoms with Crippen molar-refractivity contribution in [3.05, 3.63) is 64.0 Å². The molecule has 4 aromatic rings. The summed E-state index contributed by atoms with van der Waals surface area (Å²) in [7, 11) is 1.41. The van der Waals surface area contributed by atoms with Gasteiger partial charge in [0.15, 0.2) is 11.5 Å². The molecule has 2 aromatic heterocycles. The van der Waals surface area contributed by atoms with E-state index in [1.54, 1.807) is 18.2 Å². The first kappa shape index (κ1) is 24.6. The quantitative estimate of drug-likeness (QED) is 0.338. The summed E-state index contributed by atoms with van der Waals surface area (Å²) in [6.45, 7) is -0.185. The van der Waals surface area contributed by atoms with Crippen LogP contribution in [0.3, 0.4) is 0 Å². The SMILES string of the molecule is COc1ccc(-c2c(C#N)c(N)nc3sc(C(N)=O)c(N)c23)cc1OCc1cccc(C(F)(F)F)c1. The highest BCUT2D eigenvalue weighted by Crippen LogP contribution is 2.44. The van der Waals surface area contributed by atoms with Crippen molar-refractivity contribution in [1.29, 1.82) is 5.26 Å². The van der Waals surface area contributed by atoms with Gasteiger partial charge in [-0.05, 0) is 35.4 Å². The van der Waals surface area contributed by atoms with Crippen molar-refractivity contribution in [2.75, 3.05) is 18.6 Å². The molecule has 0 aliphatic carbocycles. The van der Waals surface area contributed by atoms with Crippen molar-refractivity contribution in [2.24, 2.45) is 5.73 Å². The van der Waals surface area contributed by atoms with Crippen LogP contribution in [0.15, 0.2) is 42.5 Å². The maximum absolute atomic E-state index is 13.1. The molecule has 36 heavy (non-hydrogen) atoms. The molecule has 0 spiro atoms. The van der Waals surface area contributed by atoms with Gasteiger partial charge in [0.25, 0.3) is 5.91 Å². The molecule has 0 saturated heterocycles. The van der Waals surface area contributed by atoms with Crippen LogP contribution in [0.5, 0.6) is 11.5 Å². The molecule has 0 fully saturated rings. The summed E-state index contributed by atoms with van der Waals surface area (Å²) in [4.78, 5) is 16.4. The third-order valence-corrected chi connectivity index (χ3v) is 6.46. The molecule has 2 heterocycles. The molecule has 12 heteroatoms. The smallest absolute Gasteiger partial charge is 0.416 e. The fourth-order valence-electron chi connectivity index (χ4n) is 3.70.